The maximum Gasteiger partial charge on any atom is 0.253 e. The number of benzene rings is 1. The van der Waals surface area contributed by atoms with Crippen molar-refractivity contribution in [3.05, 3.63) is 36.4 Å². The second-order valence-corrected chi connectivity index (χ2v) is 5.99. The molecule has 0 saturated carbocycles. The number of nitrogens with two attached hydrogens (primary N) is 1. The molecule has 1 rings (SSSR count). The first kappa shape index (κ1) is 18.0. The van der Waals surface area contributed by atoms with Gasteiger partial charge in [0.1, 0.15) is 6.61 Å². The van der Waals surface area contributed by atoms with Crippen molar-refractivity contribution < 1.29 is 14.3 Å². The third kappa shape index (κ3) is 4.77. The Labute approximate surface area is 132 Å². The molecule has 0 spiro atoms. The van der Waals surface area contributed by atoms with Gasteiger partial charge in [-0.3, -0.25) is 4.79 Å². The van der Waals surface area contributed by atoms with E-state index >= 15 is 0 Å². The van der Waals surface area contributed by atoms with Crippen molar-refractivity contribution in [1.82, 2.24) is 4.90 Å². The van der Waals surface area contributed by atoms with Crippen molar-refractivity contribution in [1.29, 1.82) is 0 Å². The number of hydrogen-bond acceptors (Lipinski definition) is 4. The van der Waals surface area contributed by atoms with Crippen LogP contribution in [0.3, 0.4) is 0 Å². The molecule has 0 aliphatic rings. The minimum atomic E-state index is -0.124. The van der Waals surface area contributed by atoms with E-state index in [0.717, 1.165) is 0 Å². The average Bonchev–Trinajstić information content (AvgIpc) is 2.51. The summed E-state index contributed by atoms with van der Waals surface area (Å²) in [6, 6.07) is 5.15. The lowest BCUT2D eigenvalue weighted by molar-refractivity contribution is 0.0740. The van der Waals surface area contributed by atoms with E-state index in [1.165, 1.54) is 0 Å². The molecule has 0 fully saturated rings. The lowest BCUT2D eigenvalue weighted by Gasteiger charge is -2.29. The molecule has 0 bridgehead atoms. The van der Waals surface area contributed by atoms with E-state index in [9.17, 15) is 4.79 Å². The molecule has 0 aliphatic carbocycles. The van der Waals surface area contributed by atoms with Gasteiger partial charge >= 0.3 is 0 Å². The molecular weight excluding hydrogens is 280 g/mol. The van der Waals surface area contributed by atoms with Gasteiger partial charge in [0.2, 0.25) is 0 Å². The van der Waals surface area contributed by atoms with E-state index in [1.807, 2.05) is 13.8 Å². The van der Waals surface area contributed by atoms with Crippen LogP contribution in [0.2, 0.25) is 0 Å². The highest BCUT2D eigenvalue weighted by atomic mass is 16.5. The number of nitrogens with zero attached hydrogens (tertiary/aromatic N) is 1. The van der Waals surface area contributed by atoms with Crippen LogP contribution in [0.25, 0.3) is 0 Å². The second-order valence-electron chi connectivity index (χ2n) is 5.99. The molecule has 0 radical (unpaired) electrons. The van der Waals surface area contributed by atoms with Crippen LogP contribution in [0, 0.1) is 5.41 Å². The lowest BCUT2D eigenvalue weighted by Crippen LogP contribution is -2.39. The molecule has 1 aromatic carbocycles. The topological polar surface area (TPSA) is 64.8 Å². The van der Waals surface area contributed by atoms with E-state index in [0.29, 0.717) is 36.8 Å². The fraction of sp³-hybridized carbons (Fsp3) is 0.471. The van der Waals surface area contributed by atoms with Gasteiger partial charge in [-0.2, -0.15) is 0 Å². The summed E-state index contributed by atoms with van der Waals surface area (Å²) in [5, 5.41) is 0. The number of hydrogen-bond donors (Lipinski definition) is 1. The third-order valence-electron chi connectivity index (χ3n) is 3.33. The van der Waals surface area contributed by atoms with Crippen LogP contribution in [-0.4, -0.2) is 44.7 Å². The summed E-state index contributed by atoms with van der Waals surface area (Å²) in [5.41, 5.74) is 6.15. The zero-order valence-electron chi connectivity index (χ0n) is 13.9. The molecule has 1 aromatic rings. The second kappa shape index (κ2) is 7.84. The van der Waals surface area contributed by atoms with Crippen molar-refractivity contribution in [3.8, 4) is 11.5 Å². The summed E-state index contributed by atoms with van der Waals surface area (Å²) in [4.78, 5) is 14.2. The molecule has 22 heavy (non-hydrogen) atoms. The Hall–Kier alpha value is -2.01. The summed E-state index contributed by atoms with van der Waals surface area (Å²) in [5.74, 6) is 1.04. The monoisotopic (exact) mass is 306 g/mol. The fourth-order valence-corrected chi connectivity index (χ4v) is 2.07. The maximum atomic E-state index is 12.5. The van der Waals surface area contributed by atoms with Crippen molar-refractivity contribution in [2.45, 2.75) is 13.8 Å². The Morgan fingerprint density at radius 1 is 1.41 bits per heavy atom. The standard InChI is InChI=1S/C17H26N2O3/c1-6-9-22-14-8-7-13(10-15(14)21-5)16(20)19(4)12-17(2,3)11-18/h6-8,10H,1,9,11-12,18H2,2-5H3. The molecule has 5 heteroatoms. The van der Waals surface area contributed by atoms with Gasteiger partial charge in [-0.25, -0.2) is 0 Å². The Balaban J connectivity index is 2.91. The summed E-state index contributed by atoms with van der Waals surface area (Å²) in [6.45, 7) is 9.15. The normalized spacial score (nSPS) is 11.0. The largest absolute Gasteiger partial charge is 0.493 e. The van der Waals surface area contributed by atoms with Gasteiger partial charge in [0.15, 0.2) is 11.5 Å². The van der Waals surface area contributed by atoms with E-state index < -0.39 is 0 Å². The summed E-state index contributed by atoms with van der Waals surface area (Å²) < 4.78 is 10.8. The van der Waals surface area contributed by atoms with Gasteiger partial charge in [-0.1, -0.05) is 26.5 Å². The quantitative estimate of drug-likeness (QED) is 0.749. The molecule has 2 N–H and O–H groups in total. The van der Waals surface area contributed by atoms with Crippen molar-refractivity contribution >= 4 is 5.91 Å². The molecule has 122 valence electrons. The van der Waals surface area contributed by atoms with Crippen LogP contribution in [-0.2, 0) is 0 Å². The Morgan fingerprint density at radius 3 is 2.64 bits per heavy atom. The predicted molar refractivity (Wildman–Crippen MR) is 88.5 cm³/mol. The summed E-state index contributed by atoms with van der Waals surface area (Å²) >= 11 is 0. The van der Waals surface area contributed by atoms with Gasteiger partial charge in [0.25, 0.3) is 5.91 Å². The van der Waals surface area contributed by atoms with Gasteiger partial charge < -0.3 is 20.1 Å². The van der Waals surface area contributed by atoms with Crippen LogP contribution < -0.4 is 15.2 Å². The summed E-state index contributed by atoms with van der Waals surface area (Å²) in [6.07, 6.45) is 1.65. The molecular formula is C17H26N2O3. The SMILES string of the molecule is C=CCOc1ccc(C(=O)N(C)CC(C)(C)CN)cc1OC. The first-order chi connectivity index (χ1) is 10.3. The van der Waals surface area contributed by atoms with Crippen LogP contribution in [0.5, 0.6) is 11.5 Å². The first-order valence-electron chi connectivity index (χ1n) is 7.22. The molecule has 1 amide bonds. The number of methoxy groups -OCH3 is 1. The Bertz CT molecular complexity index is 527. The van der Waals surface area contributed by atoms with Gasteiger partial charge in [0.05, 0.1) is 7.11 Å². The lowest BCUT2D eigenvalue weighted by atomic mass is 9.93. The van der Waals surface area contributed by atoms with E-state index in [2.05, 4.69) is 6.58 Å². The molecule has 0 aliphatic heterocycles. The third-order valence-corrected chi connectivity index (χ3v) is 3.33. The zero-order chi connectivity index (χ0) is 16.8. The Morgan fingerprint density at radius 2 is 2.09 bits per heavy atom. The molecule has 0 atom stereocenters. The van der Waals surface area contributed by atoms with Crippen LogP contribution in [0.1, 0.15) is 24.2 Å². The average molecular weight is 306 g/mol. The zero-order valence-corrected chi connectivity index (χ0v) is 13.9. The molecule has 0 saturated heterocycles. The first-order valence-corrected chi connectivity index (χ1v) is 7.22. The van der Waals surface area contributed by atoms with Crippen LogP contribution in [0.4, 0.5) is 0 Å². The number of rotatable bonds is 8. The minimum absolute atomic E-state index is 0.0740. The van der Waals surface area contributed by atoms with Gasteiger partial charge in [-0.15, -0.1) is 0 Å². The highest BCUT2D eigenvalue weighted by Crippen LogP contribution is 2.28. The van der Waals surface area contributed by atoms with E-state index in [4.69, 9.17) is 15.2 Å². The van der Waals surface area contributed by atoms with Crippen molar-refractivity contribution in [2.24, 2.45) is 11.1 Å². The van der Waals surface area contributed by atoms with Crippen LogP contribution >= 0.6 is 0 Å². The fourth-order valence-electron chi connectivity index (χ4n) is 2.07. The minimum Gasteiger partial charge on any atom is -0.493 e. The number of carbonyl (C=O) groups excluding carboxylic acids is 1. The maximum absolute atomic E-state index is 12.5. The smallest absolute Gasteiger partial charge is 0.253 e. The number of amides is 1. The van der Waals surface area contributed by atoms with Crippen LogP contribution in [0.15, 0.2) is 30.9 Å². The van der Waals surface area contributed by atoms with Gasteiger partial charge in [-0.05, 0) is 30.2 Å². The number of ether oxygens (including phenoxy) is 2. The summed E-state index contributed by atoms with van der Waals surface area (Å²) in [7, 11) is 3.32. The Kier molecular flexibility index (Phi) is 6.43. The highest BCUT2D eigenvalue weighted by Gasteiger charge is 2.22. The molecule has 5 nitrogen and oxygen atoms in total. The van der Waals surface area contributed by atoms with Crippen molar-refractivity contribution in [2.75, 3.05) is 33.9 Å². The molecule has 0 aromatic heterocycles. The van der Waals surface area contributed by atoms with E-state index in [1.54, 1.807) is 43.3 Å². The highest BCUT2D eigenvalue weighted by molar-refractivity contribution is 5.94. The predicted octanol–water partition coefficient (Wildman–Crippen LogP) is 2.32. The molecule has 0 unspecified atom stereocenters. The van der Waals surface area contributed by atoms with E-state index in [-0.39, 0.29) is 11.3 Å². The van der Waals surface area contributed by atoms with Gasteiger partial charge in [0, 0.05) is 19.2 Å². The number of carbonyl (C=O) groups is 1. The van der Waals surface area contributed by atoms with Crippen molar-refractivity contribution in [3.63, 3.8) is 0 Å². The molecule has 0 heterocycles.